The summed E-state index contributed by atoms with van der Waals surface area (Å²) in [5.41, 5.74) is 1.54. The first-order chi connectivity index (χ1) is 6.43. The highest BCUT2D eigenvalue weighted by molar-refractivity contribution is 5.87. The van der Waals surface area contributed by atoms with E-state index in [0.29, 0.717) is 5.92 Å². The van der Waals surface area contributed by atoms with Crippen molar-refractivity contribution in [2.24, 2.45) is 11.3 Å². The Bertz CT molecular complexity index is 271. The van der Waals surface area contributed by atoms with E-state index in [0.717, 1.165) is 6.42 Å². The second kappa shape index (κ2) is 4.12. The number of carbonyl (C=O) groups excluding carboxylic acids is 1. The van der Waals surface area contributed by atoms with Crippen LogP contribution < -0.4 is 0 Å². The number of rotatable bonds is 2. The van der Waals surface area contributed by atoms with E-state index >= 15 is 0 Å². The molecular weight excluding hydrogens is 172 g/mol. The lowest BCUT2D eigenvalue weighted by Crippen LogP contribution is -2.28. The molecule has 14 heavy (non-hydrogen) atoms. The molecule has 1 saturated carbocycles. The van der Waals surface area contributed by atoms with Gasteiger partial charge >= 0.3 is 0 Å². The fourth-order valence-corrected chi connectivity index (χ4v) is 2.26. The molecule has 1 heteroatoms. The summed E-state index contributed by atoms with van der Waals surface area (Å²) in [6.45, 7) is 10.2. The first-order valence-electron chi connectivity index (χ1n) is 5.30. The molecule has 0 aliphatic heterocycles. The van der Waals surface area contributed by atoms with Gasteiger partial charge in [0.2, 0.25) is 0 Å². The van der Waals surface area contributed by atoms with Gasteiger partial charge in [-0.15, -0.1) is 0 Å². The van der Waals surface area contributed by atoms with Crippen molar-refractivity contribution < 1.29 is 4.79 Å². The fraction of sp³-hybridized carbons (Fsp3) is 0.615. The van der Waals surface area contributed by atoms with Gasteiger partial charge in [-0.2, -0.15) is 0 Å². The maximum Gasteiger partial charge on any atom is 0.152 e. The van der Waals surface area contributed by atoms with Crippen LogP contribution in [-0.4, -0.2) is 5.78 Å². The van der Waals surface area contributed by atoms with Crippen molar-refractivity contribution in [3.05, 3.63) is 24.3 Å². The van der Waals surface area contributed by atoms with E-state index in [1.54, 1.807) is 13.0 Å². The third kappa shape index (κ3) is 2.57. The molecule has 0 N–H and O–H groups in total. The zero-order chi connectivity index (χ0) is 10.8. The Kier molecular flexibility index (Phi) is 3.30. The molecule has 1 aliphatic rings. The first-order valence-corrected chi connectivity index (χ1v) is 5.30. The van der Waals surface area contributed by atoms with Crippen LogP contribution in [0.5, 0.6) is 0 Å². The maximum absolute atomic E-state index is 10.9. The highest BCUT2D eigenvalue weighted by Crippen LogP contribution is 2.43. The zero-order valence-corrected chi connectivity index (χ0v) is 9.47. The highest BCUT2D eigenvalue weighted by atomic mass is 16.1. The Morgan fingerprint density at radius 2 is 2.21 bits per heavy atom. The third-order valence-electron chi connectivity index (χ3n) is 3.12. The van der Waals surface area contributed by atoms with Gasteiger partial charge in [-0.1, -0.05) is 32.1 Å². The summed E-state index contributed by atoms with van der Waals surface area (Å²) in [6, 6.07) is 0. The molecule has 0 aromatic rings. The summed E-state index contributed by atoms with van der Waals surface area (Å²) >= 11 is 0. The van der Waals surface area contributed by atoms with E-state index in [2.05, 4.69) is 20.4 Å². The monoisotopic (exact) mass is 192 g/mol. The molecule has 1 aliphatic carbocycles. The average molecular weight is 192 g/mol. The van der Waals surface area contributed by atoms with Crippen molar-refractivity contribution in [1.29, 1.82) is 0 Å². The molecule has 0 amide bonds. The van der Waals surface area contributed by atoms with E-state index in [1.165, 1.54) is 18.4 Å². The second-order valence-electron chi connectivity index (χ2n) is 4.95. The quantitative estimate of drug-likeness (QED) is 0.483. The van der Waals surface area contributed by atoms with Crippen LogP contribution in [0.15, 0.2) is 24.3 Å². The van der Waals surface area contributed by atoms with Gasteiger partial charge in [0.25, 0.3) is 0 Å². The molecule has 0 heterocycles. The molecule has 1 nitrogen and oxygen atoms in total. The molecule has 78 valence electrons. The van der Waals surface area contributed by atoms with Crippen LogP contribution in [0.2, 0.25) is 0 Å². The zero-order valence-electron chi connectivity index (χ0n) is 9.47. The Hall–Kier alpha value is -0.850. The topological polar surface area (TPSA) is 17.1 Å². The lowest BCUT2D eigenvalue weighted by atomic mass is 9.67. The molecule has 0 radical (unpaired) electrons. The largest absolute Gasteiger partial charge is 0.295 e. The van der Waals surface area contributed by atoms with Crippen molar-refractivity contribution in [3.8, 4) is 0 Å². The predicted molar refractivity (Wildman–Crippen MR) is 60.1 cm³/mol. The molecular formula is C13H20O. The van der Waals surface area contributed by atoms with Crippen molar-refractivity contribution >= 4 is 5.78 Å². The standard InChI is InChI=1S/C13H20O/c1-10-6-5-9-13(3,4)12(10)8-7-11(2)14/h7-8,12H,1,5-6,9H2,2-4H3/t12-/m0/s1. The molecule has 1 rings (SSSR count). The van der Waals surface area contributed by atoms with Gasteiger partial charge < -0.3 is 0 Å². The van der Waals surface area contributed by atoms with Gasteiger partial charge in [-0.3, -0.25) is 4.79 Å². The number of allylic oxidation sites excluding steroid dienone is 3. The number of hydrogen-bond donors (Lipinski definition) is 0. The molecule has 0 aromatic heterocycles. The number of hydrogen-bond acceptors (Lipinski definition) is 1. The molecule has 1 fully saturated rings. The molecule has 0 bridgehead atoms. The highest BCUT2D eigenvalue weighted by Gasteiger charge is 2.32. The molecule has 0 spiro atoms. The molecule has 0 unspecified atom stereocenters. The fourth-order valence-electron chi connectivity index (χ4n) is 2.26. The van der Waals surface area contributed by atoms with E-state index in [4.69, 9.17) is 0 Å². The van der Waals surface area contributed by atoms with Gasteiger partial charge in [-0.25, -0.2) is 0 Å². The van der Waals surface area contributed by atoms with Crippen LogP contribution in [-0.2, 0) is 4.79 Å². The van der Waals surface area contributed by atoms with E-state index in [1.807, 2.05) is 6.08 Å². The Morgan fingerprint density at radius 1 is 1.57 bits per heavy atom. The van der Waals surface area contributed by atoms with E-state index in [9.17, 15) is 4.79 Å². The van der Waals surface area contributed by atoms with Crippen LogP contribution in [0.1, 0.15) is 40.0 Å². The number of carbonyl (C=O) groups is 1. The van der Waals surface area contributed by atoms with Crippen LogP contribution in [0.3, 0.4) is 0 Å². The minimum Gasteiger partial charge on any atom is -0.295 e. The van der Waals surface area contributed by atoms with Crippen LogP contribution in [0.4, 0.5) is 0 Å². The smallest absolute Gasteiger partial charge is 0.152 e. The predicted octanol–water partition coefficient (Wildman–Crippen LogP) is 3.51. The van der Waals surface area contributed by atoms with Crippen molar-refractivity contribution in [2.75, 3.05) is 0 Å². The van der Waals surface area contributed by atoms with Crippen LogP contribution in [0.25, 0.3) is 0 Å². The Morgan fingerprint density at radius 3 is 2.71 bits per heavy atom. The summed E-state index contributed by atoms with van der Waals surface area (Å²) in [6.07, 6.45) is 7.28. The minimum absolute atomic E-state index is 0.124. The first kappa shape index (κ1) is 11.2. The third-order valence-corrected chi connectivity index (χ3v) is 3.12. The summed E-state index contributed by atoms with van der Waals surface area (Å²) in [5, 5.41) is 0. The average Bonchev–Trinajstić information content (AvgIpc) is 2.01. The van der Waals surface area contributed by atoms with Gasteiger partial charge in [0.05, 0.1) is 0 Å². The van der Waals surface area contributed by atoms with Gasteiger partial charge in [0.1, 0.15) is 0 Å². The van der Waals surface area contributed by atoms with Crippen LogP contribution >= 0.6 is 0 Å². The molecule has 0 aromatic carbocycles. The molecule has 1 atom stereocenters. The second-order valence-corrected chi connectivity index (χ2v) is 4.95. The van der Waals surface area contributed by atoms with Gasteiger partial charge in [-0.05, 0) is 37.7 Å². The van der Waals surface area contributed by atoms with E-state index in [-0.39, 0.29) is 11.2 Å². The summed E-state index contributed by atoms with van der Waals surface area (Å²) in [5.74, 6) is 0.499. The van der Waals surface area contributed by atoms with E-state index < -0.39 is 0 Å². The molecule has 0 saturated heterocycles. The Labute approximate surface area is 86.9 Å². The summed E-state index contributed by atoms with van der Waals surface area (Å²) in [7, 11) is 0. The van der Waals surface area contributed by atoms with Crippen molar-refractivity contribution in [1.82, 2.24) is 0 Å². The van der Waals surface area contributed by atoms with Gasteiger partial charge in [0, 0.05) is 5.92 Å². The summed E-state index contributed by atoms with van der Waals surface area (Å²) in [4.78, 5) is 10.9. The minimum atomic E-state index is 0.124. The number of ketones is 1. The van der Waals surface area contributed by atoms with Crippen molar-refractivity contribution in [3.63, 3.8) is 0 Å². The SMILES string of the molecule is C=C1CCCC(C)(C)[C@H]1C=CC(C)=O. The van der Waals surface area contributed by atoms with Crippen molar-refractivity contribution in [2.45, 2.75) is 40.0 Å². The normalized spacial score (nSPS) is 26.8. The Balaban J connectivity index is 2.80. The lowest BCUT2D eigenvalue weighted by molar-refractivity contribution is -0.112. The van der Waals surface area contributed by atoms with Gasteiger partial charge in [0.15, 0.2) is 5.78 Å². The maximum atomic E-state index is 10.9. The van der Waals surface area contributed by atoms with Crippen LogP contribution in [0, 0.1) is 11.3 Å². The summed E-state index contributed by atoms with van der Waals surface area (Å²) < 4.78 is 0. The lowest BCUT2D eigenvalue weighted by Gasteiger charge is -2.38.